The van der Waals surface area contributed by atoms with E-state index < -0.39 is 0 Å². The maximum atomic E-state index is 4.37. The summed E-state index contributed by atoms with van der Waals surface area (Å²) in [6, 6.07) is 0. The molecule has 3 heterocycles. The third kappa shape index (κ3) is 3.08. The molecule has 1 aliphatic rings. The van der Waals surface area contributed by atoms with Gasteiger partial charge >= 0.3 is 0 Å². The molecule has 20 heavy (non-hydrogen) atoms. The van der Waals surface area contributed by atoms with Crippen molar-refractivity contribution in [3.8, 4) is 0 Å². The number of nitrogens with one attached hydrogen (secondary N) is 2. The van der Waals surface area contributed by atoms with Crippen LogP contribution < -0.4 is 10.6 Å². The van der Waals surface area contributed by atoms with Crippen LogP contribution in [-0.4, -0.2) is 54.1 Å². The van der Waals surface area contributed by atoms with Crippen LogP contribution >= 0.6 is 11.3 Å². The second kappa shape index (κ2) is 6.47. The normalized spacial score (nSPS) is 16.6. The van der Waals surface area contributed by atoms with Crippen LogP contribution in [0.5, 0.6) is 0 Å². The van der Waals surface area contributed by atoms with Gasteiger partial charge in [-0.25, -0.2) is 9.97 Å². The Labute approximate surface area is 123 Å². The maximum Gasteiger partial charge on any atom is 0.147 e. The van der Waals surface area contributed by atoms with Gasteiger partial charge in [-0.2, -0.15) is 0 Å². The number of aryl methyl sites for hydroxylation is 1. The number of hydrogen-bond acceptors (Lipinski definition) is 6. The number of thiophene rings is 1. The quantitative estimate of drug-likeness (QED) is 0.821. The Kier molecular flexibility index (Phi) is 4.44. The summed E-state index contributed by atoms with van der Waals surface area (Å²) in [4.78, 5) is 11.2. The molecule has 2 aromatic rings. The Bertz CT molecular complexity index is 562. The molecular formula is C14H21N5S. The number of anilines is 1. The molecule has 0 aromatic carbocycles. The van der Waals surface area contributed by atoms with Crippen molar-refractivity contribution in [1.82, 2.24) is 20.2 Å². The van der Waals surface area contributed by atoms with E-state index in [1.807, 2.05) is 0 Å². The fraction of sp³-hybridized carbons (Fsp3) is 0.571. The van der Waals surface area contributed by atoms with Gasteiger partial charge in [-0.3, -0.25) is 0 Å². The maximum absolute atomic E-state index is 4.37. The standard InChI is InChI=1S/C14H21N5S/c1-11-9-20-13-12(11)17-10-18-14(13)16-3-2-6-19-7-4-15-5-8-19/h9-10,15H,2-8H2,1H3,(H,16,17,18). The van der Waals surface area contributed by atoms with Gasteiger partial charge in [0.25, 0.3) is 0 Å². The second-order valence-electron chi connectivity index (χ2n) is 5.19. The van der Waals surface area contributed by atoms with E-state index in [0.717, 1.165) is 43.9 Å². The molecule has 1 fully saturated rings. The van der Waals surface area contributed by atoms with Crippen molar-refractivity contribution in [2.75, 3.05) is 44.6 Å². The Balaban J connectivity index is 1.52. The predicted octanol–water partition coefficient (Wildman–Crippen LogP) is 1.71. The fourth-order valence-corrected chi connectivity index (χ4v) is 3.51. The first kappa shape index (κ1) is 13.7. The summed E-state index contributed by atoms with van der Waals surface area (Å²) in [5.41, 5.74) is 2.31. The SMILES string of the molecule is Cc1csc2c(NCCCN3CCNCC3)ncnc12. The van der Waals surface area contributed by atoms with Crippen LogP contribution in [-0.2, 0) is 0 Å². The van der Waals surface area contributed by atoms with E-state index in [1.165, 1.54) is 23.4 Å². The molecule has 2 aromatic heterocycles. The number of aromatic nitrogens is 2. The largest absolute Gasteiger partial charge is 0.369 e. The minimum absolute atomic E-state index is 0.965. The summed E-state index contributed by atoms with van der Waals surface area (Å²) in [5.74, 6) is 0.980. The van der Waals surface area contributed by atoms with E-state index in [0.29, 0.717) is 0 Å². The lowest BCUT2D eigenvalue weighted by Gasteiger charge is -2.27. The van der Waals surface area contributed by atoms with Gasteiger partial charge in [0.05, 0.1) is 10.2 Å². The highest BCUT2D eigenvalue weighted by Crippen LogP contribution is 2.28. The molecule has 1 saturated heterocycles. The highest BCUT2D eigenvalue weighted by molar-refractivity contribution is 7.18. The van der Waals surface area contributed by atoms with Gasteiger partial charge in [0.15, 0.2) is 0 Å². The zero-order chi connectivity index (χ0) is 13.8. The number of nitrogens with zero attached hydrogens (tertiary/aromatic N) is 3. The first-order valence-electron chi connectivity index (χ1n) is 7.20. The molecule has 0 saturated carbocycles. The summed E-state index contributed by atoms with van der Waals surface area (Å²) < 4.78 is 1.17. The molecule has 0 amide bonds. The third-order valence-electron chi connectivity index (χ3n) is 3.68. The third-order valence-corrected chi connectivity index (χ3v) is 4.78. The first-order valence-corrected chi connectivity index (χ1v) is 8.08. The van der Waals surface area contributed by atoms with Crippen LogP contribution in [0, 0.1) is 6.92 Å². The predicted molar refractivity (Wildman–Crippen MR) is 84.6 cm³/mol. The molecule has 6 heteroatoms. The number of hydrogen-bond donors (Lipinski definition) is 2. The number of rotatable bonds is 5. The molecule has 5 nitrogen and oxygen atoms in total. The molecule has 108 valence electrons. The molecule has 0 spiro atoms. The van der Waals surface area contributed by atoms with Crippen molar-refractivity contribution in [1.29, 1.82) is 0 Å². The van der Waals surface area contributed by atoms with Crippen LogP contribution in [0.4, 0.5) is 5.82 Å². The van der Waals surface area contributed by atoms with Crippen molar-refractivity contribution in [3.05, 3.63) is 17.3 Å². The van der Waals surface area contributed by atoms with Gasteiger partial charge in [0.2, 0.25) is 0 Å². The lowest BCUT2D eigenvalue weighted by atomic mass is 10.3. The van der Waals surface area contributed by atoms with E-state index in [4.69, 9.17) is 0 Å². The molecular weight excluding hydrogens is 270 g/mol. The van der Waals surface area contributed by atoms with Crippen LogP contribution in [0.1, 0.15) is 12.0 Å². The average molecular weight is 291 g/mol. The lowest BCUT2D eigenvalue weighted by molar-refractivity contribution is 0.240. The van der Waals surface area contributed by atoms with Crippen molar-refractivity contribution in [2.45, 2.75) is 13.3 Å². The van der Waals surface area contributed by atoms with Gasteiger partial charge in [-0.15, -0.1) is 11.3 Å². The first-order chi connectivity index (χ1) is 9.84. The Morgan fingerprint density at radius 3 is 3.05 bits per heavy atom. The zero-order valence-corrected chi connectivity index (χ0v) is 12.7. The van der Waals surface area contributed by atoms with Gasteiger partial charge in [-0.05, 0) is 30.8 Å². The lowest BCUT2D eigenvalue weighted by Crippen LogP contribution is -2.44. The topological polar surface area (TPSA) is 53.1 Å². The van der Waals surface area contributed by atoms with Gasteiger partial charge in [-0.1, -0.05) is 0 Å². The summed E-state index contributed by atoms with van der Waals surface area (Å²) in [7, 11) is 0. The monoisotopic (exact) mass is 291 g/mol. The molecule has 0 radical (unpaired) electrons. The molecule has 2 N–H and O–H groups in total. The molecule has 0 aliphatic carbocycles. The molecule has 3 rings (SSSR count). The van der Waals surface area contributed by atoms with Crippen LogP contribution in [0.25, 0.3) is 10.2 Å². The van der Waals surface area contributed by atoms with E-state index in [1.54, 1.807) is 17.7 Å². The number of piperazine rings is 1. The minimum atomic E-state index is 0.965. The van der Waals surface area contributed by atoms with E-state index >= 15 is 0 Å². The van der Waals surface area contributed by atoms with Crippen LogP contribution in [0.3, 0.4) is 0 Å². The van der Waals surface area contributed by atoms with E-state index in [2.05, 4.69) is 37.8 Å². The van der Waals surface area contributed by atoms with Crippen molar-refractivity contribution < 1.29 is 0 Å². The summed E-state index contributed by atoms with van der Waals surface area (Å²) in [6.07, 6.45) is 2.80. The Hall–Kier alpha value is -1.24. The highest BCUT2D eigenvalue weighted by atomic mass is 32.1. The number of fused-ring (bicyclic) bond motifs is 1. The fourth-order valence-electron chi connectivity index (χ4n) is 2.54. The highest BCUT2D eigenvalue weighted by Gasteiger charge is 2.10. The summed E-state index contributed by atoms with van der Waals surface area (Å²) >= 11 is 1.72. The van der Waals surface area contributed by atoms with Gasteiger partial charge in [0.1, 0.15) is 12.1 Å². The summed E-state index contributed by atoms with van der Waals surface area (Å²) in [6.45, 7) is 8.80. The molecule has 1 aliphatic heterocycles. The van der Waals surface area contributed by atoms with E-state index in [-0.39, 0.29) is 0 Å². The summed E-state index contributed by atoms with van der Waals surface area (Å²) in [5, 5.41) is 8.98. The zero-order valence-electron chi connectivity index (χ0n) is 11.9. The molecule has 0 unspecified atom stereocenters. The van der Waals surface area contributed by atoms with Crippen molar-refractivity contribution in [3.63, 3.8) is 0 Å². The molecule has 0 atom stereocenters. The molecule has 0 bridgehead atoms. The second-order valence-corrected chi connectivity index (χ2v) is 6.07. The average Bonchev–Trinajstić information content (AvgIpc) is 2.87. The van der Waals surface area contributed by atoms with Crippen molar-refractivity contribution >= 4 is 27.4 Å². The van der Waals surface area contributed by atoms with Crippen LogP contribution in [0.2, 0.25) is 0 Å². The minimum Gasteiger partial charge on any atom is -0.369 e. The van der Waals surface area contributed by atoms with Gasteiger partial charge in [0, 0.05) is 32.7 Å². The smallest absolute Gasteiger partial charge is 0.147 e. The van der Waals surface area contributed by atoms with Gasteiger partial charge < -0.3 is 15.5 Å². The Morgan fingerprint density at radius 1 is 1.35 bits per heavy atom. The van der Waals surface area contributed by atoms with Crippen molar-refractivity contribution in [2.24, 2.45) is 0 Å². The van der Waals surface area contributed by atoms with Crippen LogP contribution in [0.15, 0.2) is 11.7 Å². The Morgan fingerprint density at radius 2 is 2.20 bits per heavy atom. The van der Waals surface area contributed by atoms with E-state index in [9.17, 15) is 0 Å².